The van der Waals surface area contributed by atoms with Gasteiger partial charge in [-0.2, -0.15) is 15.8 Å². The molecule has 0 fully saturated rings. The number of aromatic nitrogens is 2. The second-order valence-corrected chi connectivity index (χ2v) is 13.8. The minimum Gasteiger partial charge on any atom is -0.313 e. The molecule has 6 aromatic rings. The normalized spacial score (nSPS) is 16.2. The predicted molar refractivity (Wildman–Crippen MR) is 211 cm³/mol. The molecule has 5 nitrogen and oxygen atoms in total. The van der Waals surface area contributed by atoms with Crippen LogP contribution < -0.4 is 0 Å². The molecule has 1 atom stereocenters. The number of nitrogens with zero attached hydrogens (tertiary/aromatic N) is 5. The van der Waals surface area contributed by atoms with Gasteiger partial charge in [0.25, 0.3) is 0 Å². The van der Waals surface area contributed by atoms with E-state index in [-0.39, 0.29) is 0 Å². The van der Waals surface area contributed by atoms with Crippen molar-refractivity contribution in [1.82, 2.24) is 9.13 Å². The zero-order chi connectivity index (χ0) is 35.3. The fourth-order valence-electron chi connectivity index (χ4n) is 8.34. The monoisotopic (exact) mass is 667 g/mol. The number of benzene rings is 4. The van der Waals surface area contributed by atoms with Crippen LogP contribution in [-0.4, -0.2) is 9.13 Å². The van der Waals surface area contributed by atoms with Gasteiger partial charge in [0.05, 0.1) is 46.1 Å². The average Bonchev–Trinajstić information content (AvgIpc) is 3.60. The Kier molecular flexibility index (Phi) is 7.47. The molecule has 0 N–H and O–H groups in total. The third-order valence-corrected chi connectivity index (χ3v) is 10.7. The SMILES string of the molecule is CC1CC=Cc2c1n(-c1ccc(-c3ccc(C4=C(n5c6c(c7ccccc75)C=C(C#N)CC=C6)CCC=C4)cc3)c(C#N)c1)c1ccc(C#N)cc21. The van der Waals surface area contributed by atoms with Crippen LogP contribution in [-0.2, 0) is 0 Å². The number of rotatable bonds is 4. The van der Waals surface area contributed by atoms with Crippen molar-refractivity contribution in [3.05, 3.63) is 154 Å². The van der Waals surface area contributed by atoms with E-state index in [1.807, 2.05) is 24.3 Å². The topological polar surface area (TPSA) is 81.2 Å². The van der Waals surface area contributed by atoms with Crippen LogP contribution in [0.4, 0.5) is 0 Å². The molecule has 1 unspecified atom stereocenters. The molecule has 0 radical (unpaired) electrons. The van der Waals surface area contributed by atoms with Crippen LogP contribution in [0.3, 0.4) is 0 Å². The summed E-state index contributed by atoms with van der Waals surface area (Å²) in [6.07, 6.45) is 18.6. The molecule has 2 heterocycles. The molecule has 0 spiro atoms. The molecule has 0 aliphatic heterocycles. The van der Waals surface area contributed by atoms with Gasteiger partial charge in [0, 0.05) is 62.5 Å². The molecular formula is C47H33N5. The Labute approximate surface area is 302 Å². The van der Waals surface area contributed by atoms with E-state index in [0.29, 0.717) is 23.5 Å². The summed E-state index contributed by atoms with van der Waals surface area (Å²) in [5.74, 6) is 0.297. The smallest absolute Gasteiger partial charge is 0.0998 e. The van der Waals surface area contributed by atoms with Gasteiger partial charge in [0.15, 0.2) is 0 Å². The standard InChI is InChI=1S/C47H33N5/c1-30-8-6-12-40-42-25-32(28-49)16-23-46(42)51(47(30)40)36-21-22-37(35(26-36)29-50)33-17-19-34(20-18-33)38-10-2-4-13-43(38)52-44-14-5-3-11-39(44)41-24-31(27-48)9-7-15-45(41)52/h2-3,5-7,10-12,14-26,30H,4,8-9,13H2,1H3. The highest BCUT2D eigenvalue weighted by molar-refractivity contribution is 6.02. The summed E-state index contributed by atoms with van der Waals surface area (Å²) in [7, 11) is 0. The maximum atomic E-state index is 10.5. The van der Waals surface area contributed by atoms with Crippen molar-refractivity contribution < 1.29 is 0 Å². The number of allylic oxidation sites excluding steroid dienone is 7. The first kappa shape index (κ1) is 31.1. The molecule has 9 rings (SSSR count). The zero-order valence-electron chi connectivity index (χ0n) is 28.8. The van der Waals surface area contributed by atoms with Gasteiger partial charge < -0.3 is 9.13 Å². The lowest BCUT2D eigenvalue weighted by Gasteiger charge is -2.21. The predicted octanol–water partition coefficient (Wildman–Crippen LogP) is 11.6. The zero-order valence-corrected chi connectivity index (χ0v) is 28.8. The lowest BCUT2D eigenvalue weighted by atomic mass is 9.92. The van der Waals surface area contributed by atoms with E-state index in [1.165, 1.54) is 17.0 Å². The highest BCUT2D eigenvalue weighted by atomic mass is 15.0. The summed E-state index contributed by atoms with van der Waals surface area (Å²) in [5, 5.41) is 32.0. The Morgan fingerprint density at radius 1 is 0.692 bits per heavy atom. The summed E-state index contributed by atoms with van der Waals surface area (Å²) in [5.41, 5.74) is 15.1. The van der Waals surface area contributed by atoms with Crippen LogP contribution in [0.15, 0.2) is 115 Å². The van der Waals surface area contributed by atoms with Crippen LogP contribution in [0.5, 0.6) is 0 Å². The lowest BCUT2D eigenvalue weighted by Crippen LogP contribution is -2.07. The van der Waals surface area contributed by atoms with E-state index in [2.05, 4.69) is 137 Å². The van der Waals surface area contributed by atoms with E-state index < -0.39 is 0 Å². The third-order valence-electron chi connectivity index (χ3n) is 10.7. The Morgan fingerprint density at radius 3 is 2.35 bits per heavy atom. The first-order chi connectivity index (χ1) is 25.6. The van der Waals surface area contributed by atoms with Gasteiger partial charge in [-0.05, 0) is 84.5 Å². The average molecular weight is 668 g/mol. The van der Waals surface area contributed by atoms with E-state index in [0.717, 1.165) is 85.8 Å². The van der Waals surface area contributed by atoms with E-state index >= 15 is 0 Å². The van der Waals surface area contributed by atoms with Crippen LogP contribution in [0.25, 0.3) is 68.1 Å². The molecule has 0 saturated heterocycles. The molecule has 0 saturated carbocycles. The van der Waals surface area contributed by atoms with Gasteiger partial charge in [-0.3, -0.25) is 0 Å². The van der Waals surface area contributed by atoms with Gasteiger partial charge in [0.2, 0.25) is 0 Å². The maximum absolute atomic E-state index is 10.5. The molecule has 3 aliphatic rings. The molecular weight excluding hydrogens is 635 g/mol. The van der Waals surface area contributed by atoms with Crippen LogP contribution in [0, 0.1) is 34.0 Å². The highest BCUT2D eigenvalue weighted by Gasteiger charge is 2.25. The molecule has 52 heavy (non-hydrogen) atoms. The first-order valence-electron chi connectivity index (χ1n) is 17.8. The fourth-order valence-corrected chi connectivity index (χ4v) is 8.34. The van der Waals surface area contributed by atoms with Crippen molar-refractivity contribution in [2.75, 3.05) is 0 Å². The van der Waals surface area contributed by atoms with Gasteiger partial charge in [-0.15, -0.1) is 0 Å². The Bertz CT molecular complexity index is 2770. The van der Waals surface area contributed by atoms with Crippen LogP contribution >= 0.6 is 0 Å². The molecule has 4 aromatic carbocycles. The number of nitriles is 3. The molecule has 3 aliphatic carbocycles. The fraction of sp³-hybridized carbons (Fsp3) is 0.128. The van der Waals surface area contributed by atoms with Crippen molar-refractivity contribution >= 4 is 51.3 Å². The van der Waals surface area contributed by atoms with Gasteiger partial charge in [0.1, 0.15) is 0 Å². The number of hydrogen-bond acceptors (Lipinski definition) is 3. The minimum absolute atomic E-state index is 0.297. The van der Waals surface area contributed by atoms with Crippen LogP contribution in [0.2, 0.25) is 0 Å². The van der Waals surface area contributed by atoms with Gasteiger partial charge in [-0.1, -0.05) is 85.8 Å². The Balaban J connectivity index is 1.13. The van der Waals surface area contributed by atoms with Crippen molar-refractivity contribution in [2.45, 2.75) is 38.5 Å². The molecule has 246 valence electrons. The van der Waals surface area contributed by atoms with E-state index in [1.54, 1.807) is 0 Å². The van der Waals surface area contributed by atoms with E-state index in [4.69, 9.17) is 0 Å². The van der Waals surface area contributed by atoms with Crippen molar-refractivity contribution in [3.8, 4) is 35.0 Å². The summed E-state index contributed by atoms with van der Waals surface area (Å²) in [6.45, 7) is 2.24. The Morgan fingerprint density at radius 2 is 1.52 bits per heavy atom. The number of fused-ring (bicyclic) bond motifs is 6. The minimum atomic E-state index is 0.297. The summed E-state index contributed by atoms with van der Waals surface area (Å²) < 4.78 is 4.66. The third kappa shape index (κ3) is 4.89. The maximum Gasteiger partial charge on any atom is 0.0998 e. The molecule has 0 bridgehead atoms. The summed E-state index contributed by atoms with van der Waals surface area (Å²) in [4.78, 5) is 0. The van der Waals surface area contributed by atoms with Gasteiger partial charge in [-0.25, -0.2) is 0 Å². The van der Waals surface area contributed by atoms with Crippen molar-refractivity contribution in [3.63, 3.8) is 0 Å². The van der Waals surface area contributed by atoms with E-state index in [9.17, 15) is 15.8 Å². The largest absolute Gasteiger partial charge is 0.313 e. The molecule has 5 heteroatoms. The van der Waals surface area contributed by atoms with Crippen LogP contribution in [0.1, 0.15) is 77.7 Å². The molecule has 0 amide bonds. The summed E-state index contributed by atoms with van der Waals surface area (Å²) in [6, 6.07) is 36.3. The van der Waals surface area contributed by atoms with Crippen molar-refractivity contribution in [1.29, 1.82) is 15.8 Å². The number of hydrogen-bond donors (Lipinski definition) is 0. The molecule has 2 aromatic heterocycles. The summed E-state index contributed by atoms with van der Waals surface area (Å²) >= 11 is 0. The second kappa shape index (κ2) is 12.5. The lowest BCUT2D eigenvalue weighted by molar-refractivity contribution is 0.723. The second-order valence-electron chi connectivity index (χ2n) is 13.8. The highest BCUT2D eigenvalue weighted by Crippen LogP contribution is 2.42. The van der Waals surface area contributed by atoms with Crippen molar-refractivity contribution in [2.24, 2.45) is 0 Å². The quantitative estimate of drug-likeness (QED) is 0.188. The first-order valence-corrected chi connectivity index (χ1v) is 17.8. The Hall–Kier alpha value is -6.87. The van der Waals surface area contributed by atoms with Gasteiger partial charge >= 0.3 is 0 Å². The number of para-hydroxylation sites is 1.